The minimum Gasteiger partial charge on any atom is -0.444 e. The minimum absolute atomic E-state index is 0.0939. The van der Waals surface area contributed by atoms with Crippen LogP contribution in [0.4, 0.5) is 9.59 Å². The molecule has 0 bridgehead atoms. The lowest BCUT2D eigenvalue weighted by molar-refractivity contribution is -0.117. The van der Waals surface area contributed by atoms with Crippen molar-refractivity contribution in [3.8, 4) is 0 Å². The van der Waals surface area contributed by atoms with E-state index in [2.05, 4.69) is 0 Å². The van der Waals surface area contributed by atoms with E-state index >= 15 is 0 Å². The number of carbonyl (C=O) groups is 3. The van der Waals surface area contributed by atoms with Crippen LogP contribution in [0.2, 0.25) is 0 Å². The van der Waals surface area contributed by atoms with Gasteiger partial charge in [0.25, 0.3) is 0 Å². The van der Waals surface area contributed by atoms with Crippen molar-refractivity contribution in [3.63, 3.8) is 0 Å². The highest BCUT2D eigenvalue weighted by Crippen LogP contribution is 2.21. The number of ether oxygens (including phenoxy) is 2. The average molecular weight is 316 g/mol. The summed E-state index contributed by atoms with van der Waals surface area (Å²) in [6.45, 7) is 10.2. The van der Waals surface area contributed by atoms with E-state index in [-0.39, 0.29) is 5.78 Å². The zero-order chi connectivity index (χ0) is 17.6. The molecule has 0 aromatic heterocycles. The molecule has 0 spiro atoms. The van der Waals surface area contributed by atoms with Crippen LogP contribution in [-0.4, -0.2) is 40.7 Å². The second kappa shape index (κ2) is 8.00. The van der Waals surface area contributed by atoms with Crippen LogP contribution in [0.15, 0.2) is 0 Å². The maximum atomic E-state index is 12.3. The summed E-state index contributed by atoms with van der Waals surface area (Å²) in [7, 11) is 0. The molecular weight excluding hydrogens is 288 g/mol. The fourth-order valence-corrected chi connectivity index (χ4v) is 1.84. The standard InChI is InChI=1S/C15H28N2O5/c1-11(18)9-7-8-10-17(13(20)22-14(2,3)4)15(5,6)21-12(16)19/h7-10H2,1-6H3,(H2,16,19). The van der Waals surface area contributed by atoms with Gasteiger partial charge in [-0.25, -0.2) is 9.59 Å². The second-order valence-electron chi connectivity index (χ2n) is 6.66. The van der Waals surface area contributed by atoms with Gasteiger partial charge < -0.3 is 20.0 Å². The number of nitrogens with two attached hydrogens (primary N) is 1. The molecule has 0 radical (unpaired) electrons. The fourth-order valence-electron chi connectivity index (χ4n) is 1.84. The first-order valence-electron chi connectivity index (χ1n) is 7.33. The molecule has 0 aromatic carbocycles. The summed E-state index contributed by atoms with van der Waals surface area (Å²) in [5, 5.41) is 0. The molecule has 0 aromatic rings. The molecule has 0 aliphatic carbocycles. The van der Waals surface area contributed by atoms with Crippen LogP contribution in [0.1, 0.15) is 60.8 Å². The predicted octanol–water partition coefficient (Wildman–Crippen LogP) is 2.81. The number of nitrogens with zero attached hydrogens (tertiary/aromatic N) is 1. The van der Waals surface area contributed by atoms with E-state index < -0.39 is 23.5 Å². The zero-order valence-corrected chi connectivity index (χ0v) is 14.4. The Balaban J connectivity index is 4.93. The number of unbranched alkanes of at least 4 members (excludes halogenated alkanes) is 1. The van der Waals surface area contributed by atoms with Gasteiger partial charge in [0, 0.05) is 13.0 Å². The van der Waals surface area contributed by atoms with E-state index in [9.17, 15) is 14.4 Å². The van der Waals surface area contributed by atoms with Crippen LogP contribution >= 0.6 is 0 Å². The summed E-state index contributed by atoms with van der Waals surface area (Å²) in [4.78, 5) is 35.6. The topological polar surface area (TPSA) is 98.9 Å². The molecule has 22 heavy (non-hydrogen) atoms. The van der Waals surface area contributed by atoms with Crippen molar-refractivity contribution in [3.05, 3.63) is 0 Å². The highest BCUT2D eigenvalue weighted by atomic mass is 16.6. The van der Waals surface area contributed by atoms with Gasteiger partial charge in [0.05, 0.1) is 0 Å². The van der Waals surface area contributed by atoms with Crippen molar-refractivity contribution in [1.82, 2.24) is 4.90 Å². The van der Waals surface area contributed by atoms with Gasteiger partial charge in [-0.2, -0.15) is 0 Å². The minimum atomic E-state index is -1.23. The Bertz CT molecular complexity index is 413. The van der Waals surface area contributed by atoms with Gasteiger partial charge in [-0.05, 0) is 54.4 Å². The van der Waals surface area contributed by atoms with Gasteiger partial charge in [0.1, 0.15) is 11.4 Å². The molecular formula is C15H28N2O5. The summed E-state index contributed by atoms with van der Waals surface area (Å²) >= 11 is 0. The maximum absolute atomic E-state index is 12.3. The first-order chi connectivity index (χ1) is 9.85. The van der Waals surface area contributed by atoms with Crippen LogP contribution in [0, 0.1) is 0 Å². The third-order valence-electron chi connectivity index (χ3n) is 2.77. The Morgan fingerprint density at radius 1 is 1.00 bits per heavy atom. The molecule has 0 saturated heterocycles. The third kappa shape index (κ3) is 8.49. The lowest BCUT2D eigenvalue weighted by Gasteiger charge is -2.38. The molecule has 2 amide bonds. The highest BCUT2D eigenvalue weighted by molar-refractivity contribution is 5.75. The summed E-state index contributed by atoms with van der Waals surface area (Å²) in [6, 6.07) is 0. The van der Waals surface area contributed by atoms with Crippen molar-refractivity contribution in [1.29, 1.82) is 0 Å². The van der Waals surface area contributed by atoms with E-state index in [1.807, 2.05) is 0 Å². The second-order valence-corrected chi connectivity index (χ2v) is 6.66. The molecule has 0 saturated carbocycles. The molecule has 0 aliphatic heterocycles. The molecule has 2 N–H and O–H groups in total. The fraction of sp³-hybridized carbons (Fsp3) is 0.800. The molecule has 0 atom stereocenters. The molecule has 0 heterocycles. The molecule has 7 heteroatoms. The summed E-state index contributed by atoms with van der Waals surface area (Å²) < 4.78 is 10.3. The highest BCUT2D eigenvalue weighted by Gasteiger charge is 2.36. The molecule has 0 rings (SSSR count). The number of ketones is 1. The van der Waals surface area contributed by atoms with Crippen molar-refractivity contribution in [2.45, 2.75) is 72.1 Å². The van der Waals surface area contributed by atoms with Crippen molar-refractivity contribution in [2.24, 2.45) is 5.73 Å². The van der Waals surface area contributed by atoms with Gasteiger partial charge in [-0.1, -0.05) is 0 Å². The molecule has 0 aliphatic rings. The van der Waals surface area contributed by atoms with Crippen molar-refractivity contribution in [2.75, 3.05) is 6.54 Å². The van der Waals surface area contributed by atoms with Gasteiger partial charge in [-0.3, -0.25) is 4.90 Å². The first-order valence-corrected chi connectivity index (χ1v) is 7.33. The monoisotopic (exact) mass is 316 g/mol. The Labute approximate surface area is 132 Å². The SMILES string of the molecule is CC(=O)CCCCN(C(=O)OC(C)(C)C)C(C)(C)OC(N)=O. The third-order valence-corrected chi connectivity index (χ3v) is 2.77. The quantitative estimate of drug-likeness (QED) is 0.575. The van der Waals surface area contributed by atoms with Gasteiger partial charge in [-0.15, -0.1) is 0 Å². The average Bonchev–Trinajstić information content (AvgIpc) is 2.22. The Morgan fingerprint density at radius 3 is 1.95 bits per heavy atom. The van der Waals surface area contributed by atoms with Crippen LogP contribution in [-0.2, 0) is 14.3 Å². The number of rotatable bonds is 7. The van der Waals surface area contributed by atoms with Gasteiger partial charge in [0.2, 0.25) is 0 Å². The molecule has 0 fully saturated rings. The Hall–Kier alpha value is -1.79. The number of Topliss-reactive ketones (excluding diaryl/α,β-unsaturated/α-hetero) is 1. The van der Waals surface area contributed by atoms with Gasteiger partial charge in [0.15, 0.2) is 5.72 Å². The normalized spacial score (nSPS) is 11.7. The van der Waals surface area contributed by atoms with Crippen LogP contribution in [0.5, 0.6) is 0 Å². The Morgan fingerprint density at radius 2 is 1.55 bits per heavy atom. The van der Waals surface area contributed by atoms with E-state index in [4.69, 9.17) is 15.2 Å². The largest absolute Gasteiger partial charge is 0.444 e. The molecule has 7 nitrogen and oxygen atoms in total. The molecule has 128 valence electrons. The van der Waals surface area contributed by atoms with Crippen LogP contribution in [0.3, 0.4) is 0 Å². The number of hydrogen-bond acceptors (Lipinski definition) is 5. The number of hydrogen-bond donors (Lipinski definition) is 1. The summed E-state index contributed by atoms with van der Waals surface area (Å²) in [5.74, 6) is 0.0939. The van der Waals surface area contributed by atoms with Crippen molar-refractivity contribution >= 4 is 18.0 Å². The van der Waals surface area contributed by atoms with E-state index in [1.54, 1.807) is 34.6 Å². The van der Waals surface area contributed by atoms with Crippen LogP contribution in [0.25, 0.3) is 0 Å². The van der Waals surface area contributed by atoms with E-state index in [0.717, 1.165) is 0 Å². The van der Waals surface area contributed by atoms with E-state index in [1.165, 1.54) is 11.8 Å². The zero-order valence-electron chi connectivity index (χ0n) is 14.4. The maximum Gasteiger partial charge on any atom is 0.413 e. The van der Waals surface area contributed by atoms with E-state index in [0.29, 0.717) is 25.8 Å². The summed E-state index contributed by atoms with van der Waals surface area (Å²) in [5.41, 5.74) is 3.15. The van der Waals surface area contributed by atoms with Crippen LogP contribution < -0.4 is 5.73 Å². The number of carbonyl (C=O) groups excluding carboxylic acids is 3. The number of amides is 2. The predicted molar refractivity (Wildman–Crippen MR) is 82.2 cm³/mol. The smallest absolute Gasteiger partial charge is 0.413 e. The first kappa shape index (κ1) is 20.2. The van der Waals surface area contributed by atoms with Gasteiger partial charge >= 0.3 is 12.2 Å². The Kier molecular flexibility index (Phi) is 7.35. The lowest BCUT2D eigenvalue weighted by Crippen LogP contribution is -2.53. The van der Waals surface area contributed by atoms with Crippen molar-refractivity contribution < 1.29 is 23.9 Å². The lowest BCUT2D eigenvalue weighted by atomic mass is 10.1. The number of primary amides is 1. The summed E-state index contributed by atoms with van der Waals surface area (Å²) in [6.07, 6.45) is 0.106. The molecule has 0 unspecified atom stereocenters.